The van der Waals surface area contributed by atoms with Crippen molar-refractivity contribution in [3.8, 4) is 0 Å². The van der Waals surface area contributed by atoms with Gasteiger partial charge in [0, 0.05) is 19.1 Å². The molecule has 0 radical (unpaired) electrons. The van der Waals surface area contributed by atoms with E-state index in [1.807, 2.05) is 0 Å². The highest BCUT2D eigenvalue weighted by Gasteiger charge is 2.21. The van der Waals surface area contributed by atoms with Crippen LogP contribution in [0.25, 0.3) is 0 Å². The van der Waals surface area contributed by atoms with Crippen molar-refractivity contribution in [1.29, 1.82) is 0 Å². The lowest BCUT2D eigenvalue weighted by atomic mass is 10.3. The van der Waals surface area contributed by atoms with Gasteiger partial charge in [-0.2, -0.15) is 0 Å². The molecule has 42 valence electrons. The van der Waals surface area contributed by atoms with Crippen LogP contribution in [0.5, 0.6) is 0 Å². The van der Waals surface area contributed by atoms with Crippen LogP contribution in [0.3, 0.4) is 0 Å². The van der Waals surface area contributed by atoms with Crippen LogP contribution in [0, 0.1) is 0 Å². The van der Waals surface area contributed by atoms with Gasteiger partial charge < -0.3 is 11.1 Å². The molecule has 3 N–H and O–H groups in total. The van der Waals surface area contributed by atoms with Gasteiger partial charge in [0.15, 0.2) is 0 Å². The van der Waals surface area contributed by atoms with Crippen molar-refractivity contribution in [1.82, 2.24) is 5.32 Å². The molecule has 0 saturated carbocycles. The number of alkyl halides is 1. The summed E-state index contributed by atoms with van der Waals surface area (Å²) in [6.07, 6.45) is -0.819. The third kappa shape index (κ3) is 0.894. The zero-order valence-electron chi connectivity index (χ0n) is 4.02. The van der Waals surface area contributed by atoms with E-state index in [-0.39, 0.29) is 6.04 Å². The van der Waals surface area contributed by atoms with E-state index in [1.165, 1.54) is 0 Å². The van der Waals surface area contributed by atoms with Crippen molar-refractivity contribution in [3.63, 3.8) is 0 Å². The number of nitrogens with one attached hydrogen (secondary N) is 1. The predicted octanol–water partition coefficient (Wildman–Crippen LogP) is -0.745. The summed E-state index contributed by atoms with van der Waals surface area (Å²) >= 11 is 0. The summed E-state index contributed by atoms with van der Waals surface area (Å²) in [4.78, 5) is 0. The van der Waals surface area contributed by atoms with Gasteiger partial charge in [0.05, 0.1) is 0 Å². The number of hydrogen-bond acceptors (Lipinski definition) is 2. The zero-order valence-corrected chi connectivity index (χ0v) is 4.02. The van der Waals surface area contributed by atoms with Gasteiger partial charge in [0.25, 0.3) is 0 Å². The molecule has 0 aromatic rings. The van der Waals surface area contributed by atoms with Gasteiger partial charge >= 0.3 is 0 Å². The van der Waals surface area contributed by atoms with Crippen LogP contribution in [0.15, 0.2) is 0 Å². The molecule has 1 aliphatic heterocycles. The molecule has 7 heavy (non-hydrogen) atoms. The summed E-state index contributed by atoms with van der Waals surface area (Å²) in [5.41, 5.74) is 5.24. The summed E-state index contributed by atoms with van der Waals surface area (Å²) in [7, 11) is 0. The first-order chi connectivity index (χ1) is 3.30. The van der Waals surface area contributed by atoms with Gasteiger partial charge in [-0.15, -0.1) is 0 Å². The number of halogens is 1. The lowest BCUT2D eigenvalue weighted by molar-refractivity contribution is 0.332. The Morgan fingerprint density at radius 1 is 1.57 bits per heavy atom. The Bertz CT molecular complexity index is 58.7. The van der Waals surface area contributed by atoms with Gasteiger partial charge in [0.2, 0.25) is 0 Å². The molecule has 3 heteroatoms. The molecule has 0 unspecified atom stereocenters. The maximum absolute atomic E-state index is 12.1. The highest BCUT2D eigenvalue weighted by Crippen LogP contribution is 1.99. The summed E-state index contributed by atoms with van der Waals surface area (Å²) in [6.45, 7) is 1.06. The van der Waals surface area contributed by atoms with Crippen LogP contribution in [0.2, 0.25) is 0 Å². The van der Waals surface area contributed by atoms with Crippen molar-refractivity contribution in [3.05, 3.63) is 0 Å². The third-order valence-electron chi connectivity index (χ3n) is 1.18. The maximum atomic E-state index is 12.1. The van der Waals surface area contributed by atoms with E-state index >= 15 is 0 Å². The zero-order chi connectivity index (χ0) is 5.28. The minimum atomic E-state index is -0.819. The molecule has 1 saturated heterocycles. The summed E-state index contributed by atoms with van der Waals surface area (Å²) < 4.78 is 12.1. The standard InChI is InChI=1S/C4H9FN2/c5-3-1-7-2-4(3)6/h3-4,7H,1-2,6H2/t3-,4-/m0/s1. The van der Waals surface area contributed by atoms with Crippen molar-refractivity contribution < 1.29 is 4.39 Å². The van der Waals surface area contributed by atoms with Crippen LogP contribution >= 0.6 is 0 Å². The molecule has 1 fully saturated rings. The van der Waals surface area contributed by atoms with Crippen LogP contribution in [-0.4, -0.2) is 25.3 Å². The molecule has 0 bridgehead atoms. The molecule has 1 aliphatic rings. The monoisotopic (exact) mass is 104 g/mol. The number of rotatable bonds is 0. The molecular weight excluding hydrogens is 95.1 g/mol. The molecular formula is C4H9FN2. The average Bonchev–Trinajstić information content (AvgIpc) is 1.91. The van der Waals surface area contributed by atoms with Gasteiger partial charge in [0.1, 0.15) is 6.17 Å². The topological polar surface area (TPSA) is 38.0 Å². The fraction of sp³-hybridized carbons (Fsp3) is 1.00. The molecule has 0 aromatic heterocycles. The van der Waals surface area contributed by atoms with E-state index in [0.29, 0.717) is 13.1 Å². The molecule has 2 atom stereocenters. The van der Waals surface area contributed by atoms with Gasteiger partial charge in [-0.1, -0.05) is 0 Å². The van der Waals surface area contributed by atoms with E-state index in [2.05, 4.69) is 5.32 Å². The van der Waals surface area contributed by atoms with Crippen LogP contribution in [0.4, 0.5) is 4.39 Å². The Hall–Kier alpha value is -0.150. The molecule has 1 heterocycles. The second-order valence-electron chi connectivity index (χ2n) is 1.84. The van der Waals surface area contributed by atoms with E-state index in [9.17, 15) is 4.39 Å². The lowest BCUT2D eigenvalue weighted by Crippen LogP contribution is -2.29. The smallest absolute Gasteiger partial charge is 0.129 e. The molecule has 0 spiro atoms. The van der Waals surface area contributed by atoms with Gasteiger partial charge in [-0.25, -0.2) is 4.39 Å². The Kier molecular flexibility index (Phi) is 1.25. The molecule has 0 aromatic carbocycles. The highest BCUT2D eigenvalue weighted by molar-refractivity contribution is 4.83. The Labute approximate surface area is 41.9 Å². The summed E-state index contributed by atoms with van der Waals surface area (Å²) in [6, 6.07) is -0.264. The van der Waals surface area contributed by atoms with Crippen molar-refractivity contribution in [2.24, 2.45) is 5.73 Å². The molecule has 0 aliphatic carbocycles. The minimum Gasteiger partial charge on any atom is -0.324 e. The van der Waals surface area contributed by atoms with Crippen LogP contribution in [-0.2, 0) is 0 Å². The second-order valence-corrected chi connectivity index (χ2v) is 1.84. The van der Waals surface area contributed by atoms with Gasteiger partial charge in [-0.3, -0.25) is 0 Å². The fourth-order valence-corrected chi connectivity index (χ4v) is 0.667. The normalized spacial score (nSPS) is 42.0. The Balaban J connectivity index is 2.33. The number of nitrogens with two attached hydrogens (primary N) is 1. The van der Waals surface area contributed by atoms with E-state index in [0.717, 1.165) is 0 Å². The number of hydrogen-bond donors (Lipinski definition) is 2. The van der Waals surface area contributed by atoms with Crippen molar-refractivity contribution in [2.75, 3.05) is 13.1 Å². The van der Waals surface area contributed by atoms with E-state index < -0.39 is 6.17 Å². The summed E-state index contributed by atoms with van der Waals surface area (Å²) in [5, 5.41) is 2.82. The average molecular weight is 104 g/mol. The van der Waals surface area contributed by atoms with Crippen LogP contribution < -0.4 is 11.1 Å². The van der Waals surface area contributed by atoms with Crippen molar-refractivity contribution >= 4 is 0 Å². The maximum Gasteiger partial charge on any atom is 0.129 e. The second kappa shape index (κ2) is 1.76. The highest BCUT2D eigenvalue weighted by atomic mass is 19.1. The summed E-state index contributed by atoms with van der Waals surface area (Å²) in [5.74, 6) is 0. The van der Waals surface area contributed by atoms with E-state index in [1.54, 1.807) is 0 Å². The first-order valence-corrected chi connectivity index (χ1v) is 2.41. The predicted molar refractivity (Wildman–Crippen MR) is 25.7 cm³/mol. The van der Waals surface area contributed by atoms with Gasteiger partial charge in [-0.05, 0) is 0 Å². The fourth-order valence-electron chi connectivity index (χ4n) is 0.667. The Morgan fingerprint density at radius 3 is 2.43 bits per heavy atom. The Morgan fingerprint density at radius 2 is 2.29 bits per heavy atom. The molecule has 1 rings (SSSR count). The largest absolute Gasteiger partial charge is 0.324 e. The first kappa shape index (κ1) is 5.00. The minimum absolute atomic E-state index is 0.264. The van der Waals surface area contributed by atoms with Crippen molar-refractivity contribution in [2.45, 2.75) is 12.2 Å². The van der Waals surface area contributed by atoms with Crippen LogP contribution in [0.1, 0.15) is 0 Å². The quantitative estimate of drug-likeness (QED) is 0.424. The molecule has 0 amide bonds. The lowest BCUT2D eigenvalue weighted by Gasteiger charge is -1.99. The third-order valence-corrected chi connectivity index (χ3v) is 1.18. The molecule has 2 nitrogen and oxygen atoms in total. The first-order valence-electron chi connectivity index (χ1n) is 2.41. The SMILES string of the molecule is N[C@H]1CNC[C@@H]1F. The van der Waals surface area contributed by atoms with E-state index in [4.69, 9.17) is 5.73 Å².